The van der Waals surface area contributed by atoms with Gasteiger partial charge in [0.2, 0.25) is 11.8 Å². The number of amides is 3. The standard InChI is InChI=1S/C45H42N6O3/c1-28-10-20-35-33(24-28)26-32-18-13-30(25-36(32)35)15-23-43(52)49-41-9-5-4-8-40(41)48-34-19-21-38(47)42(27-34)50-44(53)22-14-29-11-16-31(17-12-29)45(54)51-39-7-3-2-6-37(39)46/h2-9,11,13-16,18-25,27-28,48H,10,12,17,26,46-47H2,1H3,(H,49,52)(H,50,53)(H,51,54)/b22-14+,23-15+. The van der Waals surface area contributed by atoms with Crippen LogP contribution in [0.1, 0.15) is 42.9 Å². The molecule has 4 aromatic carbocycles. The summed E-state index contributed by atoms with van der Waals surface area (Å²) in [6, 6.07) is 26.1. The number of nitrogens with two attached hydrogens (primary N) is 2. The topological polar surface area (TPSA) is 151 Å². The zero-order valence-corrected chi connectivity index (χ0v) is 30.0. The third-order valence-electron chi connectivity index (χ3n) is 9.66. The Morgan fingerprint density at radius 3 is 2.22 bits per heavy atom. The van der Waals surface area contributed by atoms with Crippen LogP contribution in [0.5, 0.6) is 0 Å². The van der Waals surface area contributed by atoms with Crippen molar-refractivity contribution in [3.8, 4) is 0 Å². The summed E-state index contributed by atoms with van der Waals surface area (Å²) in [5, 5.41) is 12.0. The lowest BCUT2D eigenvalue weighted by atomic mass is 9.91. The Morgan fingerprint density at radius 2 is 1.44 bits per heavy atom. The largest absolute Gasteiger partial charge is 0.397 e. The highest BCUT2D eigenvalue weighted by Crippen LogP contribution is 2.41. The van der Waals surface area contributed by atoms with Gasteiger partial charge in [0, 0.05) is 23.4 Å². The van der Waals surface area contributed by atoms with Crippen molar-refractivity contribution in [3.63, 3.8) is 0 Å². The Labute approximate surface area is 314 Å². The van der Waals surface area contributed by atoms with Gasteiger partial charge in [0.1, 0.15) is 0 Å². The molecule has 8 N–H and O–H groups in total. The van der Waals surface area contributed by atoms with Gasteiger partial charge in [-0.2, -0.15) is 0 Å². The van der Waals surface area contributed by atoms with Crippen molar-refractivity contribution in [2.75, 3.05) is 32.7 Å². The lowest BCUT2D eigenvalue weighted by Gasteiger charge is -2.15. The molecule has 270 valence electrons. The molecule has 1 atom stereocenters. The summed E-state index contributed by atoms with van der Waals surface area (Å²) in [4.78, 5) is 38.7. The third kappa shape index (κ3) is 8.43. The van der Waals surface area contributed by atoms with E-state index in [4.69, 9.17) is 11.5 Å². The Hall–Kier alpha value is -6.87. The highest BCUT2D eigenvalue weighted by molar-refractivity contribution is 6.06. The number of nitrogen functional groups attached to an aromatic ring is 2. The molecular formula is C45H42N6O3. The fourth-order valence-electron chi connectivity index (χ4n) is 6.78. The van der Waals surface area contributed by atoms with E-state index in [1.54, 1.807) is 48.6 Å². The number of para-hydroxylation sites is 4. The van der Waals surface area contributed by atoms with Crippen LogP contribution in [0.3, 0.4) is 0 Å². The second-order valence-corrected chi connectivity index (χ2v) is 13.7. The average molecular weight is 715 g/mol. The number of anilines is 7. The summed E-state index contributed by atoms with van der Waals surface area (Å²) in [6.07, 6.45) is 18.0. The van der Waals surface area contributed by atoms with Gasteiger partial charge >= 0.3 is 0 Å². The Balaban J connectivity index is 0.954. The molecule has 9 nitrogen and oxygen atoms in total. The molecule has 0 spiro atoms. The number of benzene rings is 4. The number of allylic oxidation sites excluding steroid dienone is 8. The molecule has 54 heavy (non-hydrogen) atoms. The van der Waals surface area contributed by atoms with Crippen LogP contribution in [-0.4, -0.2) is 17.7 Å². The van der Waals surface area contributed by atoms with Crippen LogP contribution in [-0.2, 0) is 20.8 Å². The molecule has 4 aromatic rings. The maximum absolute atomic E-state index is 13.1. The number of hydrogen-bond acceptors (Lipinski definition) is 6. The summed E-state index contributed by atoms with van der Waals surface area (Å²) in [6.45, 7) is 2.25. The monoisotopic (exact) mass is 714 g/mol. The maximum Gasteiger partial charge on any atom is 0.251 e. The van der Waals surface area contributed by atoms with Crippen LogP contribution >= 0.6 is 0 Å². The van der Waals surface area contributed by atoms with Gasteiger partial charge in [0.05, 0.1) is 34.1 Å². The number of carbonyl (C=O) groups is 3. The van der Waals surface area contributed by atoms with Gasteiger partial charge in [-0.15, -0.1) is 0 Å². The molecule has 3 aliphatic carbocycles. The van der Waals surface area contributed by atoms with E-state index < -0.39 is 0 Å². The zero-order chi connectivity index (χ0) is 37.6. The Morgan fingerprint density at radius 1 is 0.722 bits per heavy atom. The van der Waals surface area contributed by atoms with Crippen molar-refractivity contribution < 1.29 is 14.4 Å². The van der Waals surface area contributed by atoms with E-state index in [0.29, 0.717) is 64.1 Å². The highest BCUT2D eigenvalue weighted by atomic mass is 16.2. The predicted octanol–water partition coefficient (Wildman–Crippen LogP) is 8.93. The van der Waals surface area contributed by atoms with Crippen molar-refractivity contribution in [1.82, 2.24) is 0 Å². The van der Waals surface area contributed by atoms with Crippen LogP contribution < -0.4 is 32.7 Å². The molecule has 0 saturated heterocycles. The summed E-state index contributed by atoms with van der Waals surface area (Å²) in [5.41, 5.74) is 23.8. The first-order chi connectivity index (χ1) is 26.2. The highest BCUT2D eigenvalue weighted by Gasteiger charge is 2.24. The van der Waals surface area contributed by atoms with E-state index in [1.165, 1.54) is 28.3 Å². The zero-order valence-electron chi connectivity index (χ0n) is 30.0. The maximum atomic E-state index is 13.1. The van der Waals surface area contributed by atoms with Gasteiger partial charge in [0.15, 0.2) is 0 Å². The van der Waals surface area contributed by atoms with E-state index in [-0.39, 0.29) is 17.7 Å². The molecule has 3 aliphatic rings. The van der Waals surface area contributed by atoms with Gasteiger partial charge in [0.25, 0.3) is 5.91 Å². The summed E-state index contributed by atoms with van der Waals surface area (Å²) >= 11 is 0. The normalized spacial score (nSPS) is 16.1. The van der Waals surface area contributed by atoms with Crippen LogP contribution in [0.25, 0.3) is 11.6 Å². The lowest BCUT2D eigenvalue weighted by Crippen LogP contribution is -2.16. The summed E-state index contributed by atoms with van der Waals surface area (Å²) < 4.78 is 0. The number of hydrogen-bond donors (Lipinski definition) is 6. The first-order valence-electron chi connectivity index (χ1n) is 18.0. The Bertz CT molecular complexity index is 2340. The molecule has 0 aliphatic heterocycles. The van der Waals surface area contributed by atoms with E-state index in [1.807, 2.05) is 48.6 Å². The average Bonchev–Trinajstić information content (AvgIpc) is 3.53. The minimum Gasteiger partial charge on any atom is -0.397 e. The molecule has 9 heteroatoms. The molecular weight excluding hydrogens is 673 g/mol. The molecule has 0 heterocycles. The fraction of sp³-hybridized carbons (Fsp3) is 0.133. The van der Waals surface area contributed by atoms with E-state index in [2.05, 4.69) is 58.5 Å². The van der Waals surface area contributed by atoms with Crippen LogP contribution in [0.2, 0.25) is 0 Å². The molecule has 3 amide bonds. The SMILES string of the molecule is CC1C=C2Cc3ccc(/C=C/C(=O)Nc4ccccc4Nc4ccc(N)c(NC(=O)/C=C/C5=CC=C(C(=O)Nc6ccccc6N)CC5)c4)cc3C2=CC1. The predicted molar refractivity (Wildman–Crippen MR) is 221 cm³/mol. The van der Waals surface area contributed by atoms with Gasteiger partial charge in [-0.05, 0) is 120 Å². The van der Waals surface area contributed by atoms with Crippen molar-refractivity contribution in [2.24, 2.45) is 5.92 Å². The molecule has 1 unspecified atom stereocenters. The smallest absolute Gasteiger partial charge is 0.251 e. The van der Waals surface area contributed by atoms with Gasteiger partial charge in [-0.1, -0.05) is 73.7 Å². The molecule has 0 saturated carbocycles. The summed E-state index contributed by atoms with van der Waals surface area (Å²) in [7, 11) is 0. The number of fused-ring (bicyclic) bond motifs is 3. The van der Waals surface area contributed by atoms with E-state index in [9.17, 15) is 14.4 Å². The minimum atomic E-state index is -0.350. The first kappa shape index (κ1) is 35.5. The van der Waals surface area contributed by atoms with Crippen LogP contribution in [0.4, 0.5) is 39.8 Å². The van der Waals surface area contributed by atoms with Gasteiger partial charge in [-0.3, -0.25) is 14.4 Å². The van der Waals surface area contributed by atoms with Crippen molar-refractivity contribution in [3.05, 3.63) is 161 Å². The molecule has 7 rings (SSSR count). The quantitative estimate of drug-likeness (QED) is 0.0713. The first-order valence-corrected chi connectivity index (χ1v) is 18.0. The van der Waals surface area contributed by atoms with E-state index >= 15 is 0 Å². The van der Waals surface area contributed by atoms with E-state index in [0.717, 1.165) is 24.0 Å². The fourth-order valence-corrected chi connectivity index (χ4v) is 6.78. The van der Waals surface area contributed by atoms with Crippen LogP contribution in [0, 0.1) is 5.92 Å². The van der Waals surface area contributed by atoms with Gasteiger partial charge < -0.3 is 32.7 Å². The second-order valence-electron chi connectivity index (χ2n) is 13.7. The number of carbonyl (C=O) groups excluding carboxylic acids is 3. The van der Waals surface area contributed by atoms with Crippen molar-refractivity contribution in [2.45, 2.75) is 32.6 Å². The van der Waals surface area contributed by atoms with Crippen molar-refractivity contribution in [1.29, 1.82) is 0 Å². The Kier molecular flexibility index (Phi) is 10.4. The number of rotatable bonds is 10. The molecule has 0 radical (unpaired) electrons. The van der Waals surface area contributed by atoms with Crippen LogP contribution in [0.15, 0.2) is 144 Å². The lowest BCUT2D eigenvalue weighted by molar-refractivity contribution is -0.113. The summed E-state index contributed by atoms with van der Waals surface area (Å²) in [5.74, 6) is -0.242. The van der Waals surface area contributed by atoms with Crippen molar-refractivity contribution >= 4 is 69.2 Å². The number of nitrogens with one attached hydrogen (secondary N) is 4. The van der Waals surface area contributed by atoms with Gasteiger partial charge in [-0.25, -0.2) is 0 Å². The molecule has 0 fully saturated rings. The third-order valence-corrected chi connectivity index (χ3v) is 9.66. The second kappa shape index (κ2) is 15.8. The minimum absolute atomic E-state index is 0.204. The molecule has 0 aromatic heterocycles. The molecule has 0 bridgehead atoms.